The molecule has 0 aliphatic heterocycles. The van der Waals surface area contributed by atoms with Crippen LogP contribution in [0.3, 0.4) is 0 Å². The molecule has 4 N–H and O–H groups in total. The van der Waals surface area contributed by atoms with E-state index in [2.05, 4.69) is 16.0 Å². The van der Waals surface area contributed by atoms with E-state index in [1.165, 1.54) is 0 Å². The molecule has 0 unspecified atom stereocenters. The van der Waals surface area contributed by atoms with Crippen LogP contribution in [0.1, 0.15) is 32.1 Å². The Bertz CT molecular complexity index is 288. The van der Waals surface area contributed by atoms with Gasteiger partial charge in [0.15, 0.2) is 0 Å². The molecular formula is C12H23N3O3. The van der Waals surface area contributed by atoms with Crippen molar-refractivity contribution in [3.8, 4) is 0 Å². The van der Waals surface area contributed by atoms with Gasteiger partial charge in [-0.3, -0.25) is 4.79 Å². The van der Waals surface area contributed by atoms with Crippen LogP contribution in [0.2, 0.25) is 0 Å². The minimum absolute atomic E-state index is 0.222. The average molecular weight is 257 g/mol. The number of carboxylic acid groups (broad SMARTS) is 1. The fourth-order valence-electron chi connectivity index (χ4n) is 2.30. The molecule has 0 heterocycles. The number of aliphatic carboxylic acids is 1. The second-order valence-corrected chi connectivity index (χ2v) is 4.86. The van der Waals surface area contributed by atoms with Crippen molar-refractivity contribution < 1.29 is 14.7 Å². The van der Waals surface area contributed by atoms with Gasteiger partial charge < -0.3 is 21.1 Å². The summed E-state index contributed by atoms with van der Waals surface area (Å²) in [5.74, 6) is -0.796. The predicted molar refractivity (Wildman–Crippen MR) is 68.5 cm³/mol. The zero-order valence-corrected chi connectivity index (χ0v) is 10.9. The van der Waals surface area contributed by atoms with Crippen LogP contribution < -0.4 is 16.0 Å². The lowest BCUT2D eigenvalue weighted by atomic mass is 9.86. The molecular weight excluding hydrogens is 234 g/mol. The van der Waals surface area contributed by atoms with E-state index in [0.29, 0.717) is 19.4 Å². The molecule has 6 heteroatoms. The third kappa shape index (κ3) is 4.18. The van der Waals surface area contributed by atoms with Crippen LogP contribution in [-0.2, 0) is 4.79 Å². The van der Waals surface area contributed by atoms with Gasteiger partial charge in [0.05, 0.1) is 5.41 Å². The molecule has 18 heavy (non-hydrogen) atoms. The minimum Gasteiger partial charge on any atom is -0.481 e. The van der Waals surface area contributed by atoms with Crippen molar-refractivity contribution in [3.05, 3.63) is 0 Å². The molecule has 0 aromatic carbocycles. The van der Waals surface area contributed by atoms with Crippen LogP contribution in [0.5, 0.6) is 0 Å². The number of carbonyl (C=O) groups is 2. The lowest BCUT2D eigenvalue weighted by Gasteiger charge is -2.24. The first-order chi connectivity index (χ1) is 8.60. The van der Waals surface area contributed by atoms with Crippen LogP contribution in [0.25, 0.3) is 0 Å². The van der Waals surface area contributed by atoms with E-state index < -0.39 is 11.4 Å². The molecule has 1 saturated carbocycles. The third-order valence-electron chi connectivity index (χ3n) is 3.49. The van der Waals surface area contributed by atoms with Crippen LogP contribution in [0.15, 0.2) is 0 Å². The topological polar surface area (TPSA) is 90.5 Å². The number of hydrogen-bond donors (Lipinski definition) is 4. The number of carbonyl (C=O) groups excluding carboxylic acids is 1. The van der Waals surface area contributed by atoms with Gasteiger partial charge >= 0.3 is 12.0 Å². The summed E-state index contributed by atoms with van der Waals surface area (Å²) in [5.41, 5.74) is -0.748. The van der Waals surface area contributed by atoms with E-state index in [1.54, 1.807) is 0 Å². The second kappa shape index (κ2) is 7.20. The number of amides is 2. The Morgan fingerprint density at radius 1 is 1.17 bits per heavy atom. The summed E-state index contributed by atoms with van der Waals surface area (Å²) in [6.07, 6.45) is 4.02. The van der Waals surface area contributed by atoms with Gasteiger partial charge in [-0.1, -0.05) is 12.8 Å². The molecule has 1 aliphatic carbocycles. The highest BCUT2D eigenvalue weighted by atomic mass is 16.4. The SMILES string of the molecule is CNCCCNC(=O)NCC1(C(=O)O)CCCC1. The maximum Gasteiger partial charge on any atom is 0.314 e. The highest BCUT2D eigenvalue weighted by molar-refractivity contribution is 5.78. The Kier molecular flexibility index (Phi) is 5.91. The Balaban J connectivity index is 2.26. The first-order valence-electron chi connectivity index (χ1n) is 6.50. The number of urea groups is 1. The van der Waals surface area contributed by atoms with Gasteiger partial charge in [-0.25, -0.2) is 4.79 Å². The molecule has 1 aliphatic rings. The van der Waals surface area contributed by atoms with Gasteiger partial charge in [0, 0.05) is 13.1 Å². The molecule has 1 rings (SSSR count). The monoisotopic (exact) mass is 257 g/mol. The highest BCUT2D eigenvalue weighted by Gasteiger charge is 2.41. The molecule has 0 spiro atoms. The van der Waals surface area contributed by atoms with Crippen LogP contribution in [-0.4, -0.2) is 43.8 Å². The van der Waals surface area contributed by atoms with Crippen molar-refractivity contribution in [2.75, 3.05) is 26.7 Å². The van der Waals surface area contributed by atoms with Crippen molar-refractivity contribution >= 4 is 12.0 Å². The third-order valence-corrected chi connectivity index (χ3v) is 3.49. The lowest BCUT2D eigenvalue weighted by Crippen LogP contribution is -2.45. The van der Waals surface area contributed by atoms with Crippen molar-refractivity contribution in [1.29, 1.82) is 0 Å². The van der Waals surface area contributed by atoms with E-state index in [0.717, 1.165) is 25.8 Å². The number of carboxylic acids is 1. The first kappa shape index (κ1) is 14.8. The molecule has 2 amide bonds. The number of rotatable bonds is 7. The van der Waals surface area contributed by atoms with E-state index in [1.807, 2.05) is 7.05 Å². The summed E-state index contributed by atoms with van der Waals surface area (Å²) in [6, 6.07) is -0.279. The zero-order chi connectivity index (χ0) is 13.4. The lowest BCUT2D eigenvalue weighted by molar-refractivity contribution is -0.148. The van der Waals surface area contributed by atoms with Crippen molar-refractivity contribution in [1.82, 2.24) is 16.0 Å². The van der Waals surface area contributed by atoms with Gasteiger partial charge in [0.2, 0.25) is 0 Å². The van der Waals surface area contributed by atoms with Crippen molar-refractivity contribution in [2.24, 2.45) is 5.41 Å². The van der Waals surface area contributed by atoms with Gasteiger partial charge in [0.25, 0.3) is 0 Å². The summed E-state index contributed by atoms with van der Waals surface area (Å²) >= 11 is 0. The van der Waals surface area contributed by atoms with E-state index in [9.17, 15) is 14.7 Å². The predicted octanol–water partition coefficient (Wildman–Crippen LogP) is 0.540. The molecule has 104 valence electrons. The molecule has 1 fully saturated rings. The maximum atomic E-state index is 11.5. The zero-order valence-electron chi connectivity index (χ0n) is 10.9. The first-order valence-corrected chi connectivity index (χ1v) is 6.50. The molecule has 0 saturated heterocycles. The minimum atomic E-state index is -0.796. The van der Waals surface area contributed by atoms with E-state index >= 15 is 0 Å². The Morgan fingerprint density at radius 2 is 1.83 bits per heavy atom. The molecule has 0 bridgehead atoms. The average Bonchev–Trinajstić information content (AvgIpc) is 2.82. The van der Waals surface area contributed by atoms with Crippen LogP contribution in [0.4, 0.5) is 4.79 Å². The fraction of sp³-hybridized carbons (Fsp3) is 0.833. The smallest absolute Gasteiger partial charge is 0.314 e. The largest absolute Gasteiger partial charge is 0.481 e. The summed E-state index contributed by atoms with van der Waals surface area (Å²) in [5, 5.41) is 17.6. The summed E-state index contributed by atoms with van der Waals surface area (Å²) in [4.78, 5) is 22.7. The summed E-state index contributed by atoms with van der Waals surface area (Å²) in [7, 11) is 1.86. The number of hydrogen-bond acceptors (Lipinski definition) is 3. The van der Waals surface area contributed by atoms with Gasteiger partial charge in [-0.15, -0.1) is 0 Å². The van der Waals surface area contributed by atoms with Crippen molar-refractivity contribution in [2.45, 2.75) is 32.1 Å². The van der Waals surface area contributed by atoms with Crippen molar-refractivity contribution in [3.63, 3.8) is 0 Å². The molecule has 0 aromatic heterocycles. The standard InChI is InChI=1S/C12H23N3O3/c1-13-7-4-8-14-11(18)15-9-12(10(16)17)5-2-3-6-12/h13H,2-9H2,1H3,(H,16,17)(H2,14,15,18). The Labute approximate surface area is 108 Å². The second-order valence-electron chi connectivity index (χ2n) is 4.86. The molecule has 0 radical (unpaired) electrons. The van der Waals surface area contributed by atoms with E-state index in [-0.39, 0.29) is 12.6 Å². The highest BCUT2D eigenvalue weighted by Crippen LogP contribution is 2.37. The maximum absolute atomic E-state index is 11.5. The van der Waals surface area contributed by atoms with Gasteiger partial charge in [0.1, 0.15) is 0 Å². The fourth-order valence-corrected chi connectivity index (χ4v) is 2.30. The van der Waals surface area contributed by atoms with Gasteiger partial charge in [-0.05, 0) is 32.9 Å². The number of nitrogens with one attached hydrogen (secondary N) is 3. The molecule has 0 aromatic rings. The van der Waals surface area contributed by atoms with Crippen LogP contribution >= 0.6 is 0 Å². The quantitative estimate of drug-likeness (QED) is 0.501. The normalized spacial score (nSPS) is 17.4. The van der Waals surface area contributed by atoms with Crippen LogP contribution in [0, 0.1) is 5.41 Å². The van der Waals surface area contributed by atoms with Gasteiger partial charge in [-0.2, -0.15) is 0 Å². The molecule has 6 nitrogen and oxygen atoms in total. The van der Waals surface area contributed by atoms with E-state index in [4.69, 9.17) is 0 Å². The summed E-state index contributed by atoms with van der Waals surface area (Å²) < 4.78 is 0. The Hall–Kier alpha value is -1.30. The molecule has 0 atom stereocenters. The summed E-state index contributed by atoms with van der Waals surface area (Å²) in [6.45, 7) is 1.66. The Morgan fingerprint density at radius 3 is 2.39 bits per heavy atom.